The molecule has 2 heterocycles. The summed E-state index contributed by atoms with van der Waals surface area (Å²) in [7, 11) is 0. The molecule has 4 rings (SSSR count). The van der Waals surface area contributed by atoms with Gasteiger partial charge in [-0.2, -0.15) is 0 Å². The lowest BCUT2D eigenvalue weighted by molar-refractivity contribution is -0.145. The first-order valence-corrected chi connectivity index (χ1v) is 9.21. The highest BCUT2D eigenvalue weighted by atomic mass is 19.1. The van der Waals surface area contributed by atoms with Gasteiger partial charge in [-0.1, -0.05) is 0 Å². The number of hydrogen-bond donors (Lipinski definition) is 3. The van der Waals surface area contributed by atoms with E-state index in [0.29, 0.717) is 16.8 Å². The maximum absolute atomic E-state index is 13.4. The maximum atomic E-state index is 13.4. The van der Waals surface area contributed by atoms with E-state index in [1.807, 2.05) is 6.07 Å². The Kier molecular flexibility index (Phi) is 4.99. The number of carbonyl (C=O) groups is 2. The molecule has 4 aromatic rings. The van der Waals surface area contributed by atoms with E-state index < -0.39 is 17.9 Å². The lowest BCUT2D eigenvalue weighted by Crippen LogP contribution is -2.43. The number of nitrogens with one attached hydrogen (secondary N) is 3. The number of hydrogen-bond acceptors (Lipinski definition) is 4. The molecule has 7 nitrogen and oxygen atoms in total. The van der Waals surface area contributed by atoms with Gasteiger partial charge in [0, 0.05) is 23.2 Å². The number of carbonyl (C=O) groups excluding carboxylic acids is 2. The SMILES string of the molecule is CCOC(=O)[C@@H](Cc1cc2ccc(F)cc2[nH]1)NC(=O)c1ccc2nc[nH]c2c1. The first-order valence-electron chi connectivity index (χ1n) is 9.21. The number of nitrogens with zero attached hydrogens (tertiary/aromatic N) is 1. The van der Waals surface area contributed by atoms with E-state index in [0.717, 1.165) is 16.4 Å². The predicted octanol–water partition coefficient (Wildman–Crippen LogP) is 3.09. The molecule has 0 radical (unpaired) electrons. The van der Waals surface area contributed by atoms with Crippen LogP contribution in [0.2, 0.25) is 0 Å². The Morgan fingerprint density at radius 1 is 1.17 bits per heavy atom. The van der Waals surface area contributed by atoms with E-state index in [-0.39, 0.29) is 18.8 Å². The number of aromatic nitrogens is 3. The molecule has 148 valence electrons. The van der Waals surface area contributed by atoms with Gasteiger partial charge in [0.05, 0.1) is 24.0 Å². The standard InChI is InChI=1S/C21H19FN4O3/c1-2-29-21(28)19(10-15-7-12-3-5-14(22)9-17(12)25-15)26-20(27)13-4-6-16-18(8-13)24-11-23-16/h3-9,11,19,25H,2,10H2,1H3,(H,23,24)(H,26,27)/t19-/m1/s1. The molecule has 0 aliphatic heterocycles. The van der Waals surface area contributed by atoms with Crippen molar-refractivity contribution in [1.82, 2.24) is 20.3 Å². The van der Waals surface area contributed by atoms with E-state index in [4.69, 9.17) is 4.74 Å². The number of imidazole rings is 1. The number of H-pyrrole nitrogens is 2. The topological polar surface area (TPSA) is 99.9 Å². The second-order valence-corrected chi connectivity index (χ2v) is 6.64. The van der Waals surface area contributed by atoms with Crippen molar-refractivity contribution in [3.8, 4) is 0 Å². The highest BCUT2D eigenvalue weighted by molar-refractivity contribution is 5.99. The van der Waals surface area contributed by atoms with Gasteiger partial charge in [-0.3, -0.25) is 4.79 Å². The minimum absolute atomic E-state index is 0.188. The monoisotopic (exact) mass is 394 g/mol. The van der Waals surface area contributed by atoms with Crippen LogP contribution < -0.4 is 5.32 Å². The Morgan fingerprint density at radius 3 is 2.86 bits per heavy atom. The van der Waals surface area contributed by atoms with Gasteiger partial charge in [0.25, 0.3) is 5.91 Å². The van der Waals surface area contributed by atoms with Gasteiger partial charge in [0.15, 0.2) is 0 Å². The van der Waals surface area contributed by atoms with Crippen molar-refractivity contribution in [2.45, 2.75) is 19.4 Å². The molecule has 0 unspecified atom stereocenters. The van der Waals surface area contributed by atoms with Crippen LogP contribution in [-0.2, 0) is 16.0 Å². The molecule has 0 aliphatic carbocycles. The van der Waals surface area contributed by atoms with Crippen molar-refractivity contribution in [3.63, 3.8) is 0 Å². The van der Waals surface area contributed by atoms with Crippen LogP contribution in [0.1, 0.15) is 23.0 Å². The zero-order chi connectivity index (χ0) is 20.4. The molecule has 0 spiro atoms. The molecule has 1 amide bonds. The first kappa shape index (κ1) is 18.7. The number of halogens is 1. The Labute approximate surface area is 165 Å². The zero-order valence-electron chi connectivity index (χ0n) is 15.7. The normalized spacial score (nSPS) is 12.2. The van der Waals surface area contributed by atoms with Gasteiger partial charge in [-0.15, -0.1) is 0 Å². The summed E-state index contributed by atoms with van der Waals surface area (Å²) in [6.45, 7) is 1.90. The average Bonchev–Trinajstić information content (AvgIpc) is 3.32. The molecule has 0 fully saturated rings. The number of ether oxygens (including phenoxy) is 1. The second kappa shape index (κ2) is 7.75. The van der Waals surface area contributed by atoms with E-state index in [1.54, 1.807) is 37.5 Å². The fourth-order valence-electron chi connectivity index (χ4n) is 3.24. The number of benzene rings is 2. The molecular formula is C21H19FN4O3. The summed E-state index contributed by atoms with van der Waals surface area (Å²) in [6.07, 6.45) is 1.74. The summed E-state index contributed by atoms with van der Waals surface area (Å²) in [5.41, 5.74) is 3.18. The Hall–Kier alpha value is -3.68. The highest BCUT2D eigenvalue weighted by Gasteiger charge is 2.24. The largest absolute Gasteiger partial charge is 0.464 e. The lowest BCUT2D eigenvalue weighted by Gasteiger charge is -2.17. The number of aromatic amines is 2. The van der Waals surface area contributed by atoms with Crippen molar-refractivity contribution < 1.29 is 18.7 Å². The van der Waals surface area contributed by atoms with Crippen molar-refractivity contribution in [1.29, 1.82) is 0 Å². The Bertz CT molecular complexity index is 1200. The van der Waals surface area contributed by atoms with E-state index in [1.165, 1.54) is 12.1 Å². The minimum Gasteiger partial charge on any atom is -0.464 e. The van der Waals surface area contributed by atoms with Gasteiger partial charge >= 0.3 is 5.97 Å². The molecule has 8 heteroatoms. The molecule has 0 aliphatic rings. The summed E-state index contributed by atoms with van der Waals surface area (Å²) in [6, 6.07) is 10.4. The average molecular weight is 394 g/mol. The van der Waals surface area contributed by atoms with Gasteiger partial charge in [0.2, 0.25) is 0 Å². The first-order chi connectivity index (χ1) is 14.0. The van der Waals surface area contributed by atoms with Crippen LogP contribution in [0.3, 0.4) is 0 Å². The summed E-state index contributed by atoms with van der Waals surface area (Å²) >= 11 is 0. The predicted molar refractivity (Wildman–Crippen MR) is 106 cm³/mol. The zero-order valence-corrected chi connectivity index (χ0v) is 15.7. The van der Waals surface area contributed by atoms with Crippen LogP contribution in [0.25, 0.3) is 21.9 Å². The van der Waals surface area contributed by atoms with Crippen molar-refractivity contribution >= 4 is 33.8 Å². The van der Waals surface area contributed by atoms with Crippen LogP contribution in [-0.4, -0.2) is 39.5 Å². The molecule has 0 saturated heterocycles. The molecule has 2 aromatic carbocycles. The molecule has 2 aromatic heterocycles. The molecule has 1 atom stereocenters. The number of rotatable bonds is 6. The van der Waals surface area contributed by atoms with Gasteiger partial charge in [-0.25, -0.2) is 14.2 Å². The summed E-state index contributed by atoms with van der Waals surface area (Å²) < 4.78 is 18.5. The fraction of sp³-hybridized carbons (Fsp3) is 0.190. The third-order valence-electron chi connectivity index (χ3n) is 4.62. The van der Waals surface area contributed by atoms with Crippen LogP contribution in [0, 0.1) is 5.82 Å². The van der Waals surface area contributed by atoms with Crippen molar-refractivity contribution in [2.75, 3.05) is 6.61 Å². The smallest absolute Gasteiger partial charge is 0.329 e. The van der Waals surface area contributed by atoms with E-state index >= 15 is 0 Å². The van der Waals surface area contributed by atoms with Crippen LogP contribution >= 0.6 is 0 Å². The maximum Gasteiger partial charge on any atom is 0.329 e. The quantitative estimate of drug-likeness (QED) is 0.438. The summed E-state index contributed by atoms with van der Waals surface area (Å²) in [5, 5.41) is 3.56. The van der Waals surface area contributed by atoms with Crippen LogP contribution in [0.5, 0.6) is 0 Å². The third kappa shape index (κ3) is 3.96. The van der Waals surface area contributed by atoms with Gasteiger partial charge in [-0.05, 0) is 54.8 Å². The Balaban J connectivity index is 1.56. The molecule has 0 bridgehead atoms. The lowest BCUT2D eigenvalue weighted by atomic mass is 10.1. The number of fused-ring (bicyclic) bond motifs is 2. The van der Waals surface area contributed by atoms with Crippen molar-refractivity contribution in [2.24, 2.45) is 0 Å². The van der Waals surface area contributed by atoms with E-state index in [9.17, 15) is 14.0 Å². The van der Waals surface area contributed by atoms with Crippen LogP contribution in [0.15, 0.2) is 48.8 Å². The van der Waals surface area contributed by atoms with E-state index in [2.05, 4.69) is 20.3 Å². The molecule has 3 N–H and O–H groups in total. The fourth-order valence-corrected chi connectivity index (χ4v) is 3.24. The van der Waals surface area contributed by atoms with Crippen molar-refractivity contribution in [3.05, 3.63) is 65.9 Å². The van der Waals surface area contributed by atoms with Crippen LogP contribution in [0.4, 0.5) is 4.39 Å². The summed E-state index contributed by atoms with van der Waals surface area (Å²) in [5.74, 6) is -1.29. The molecular weight excluding hydrogens is 375 g/mol. The molecule has 0 saturated carbocycles. The Morgan fingerprint density at radius 2 is 2.03 bits per heavy atom. The molecule has 29 heavy (non-hydrogen) atoms. The minimum atomic E-state index is -0.891. The third-order valence-corrected chi connectivity index (χ3v) is 4.62. The number of amides is 1. The second-order valence-electron chi connectivity index (χ2n) is 6.64. The number of esters is 1. The summed E-state index contributed by atoms with van der Waals surface area (Å²) in [4.78, 5) is 35.3. The van der Waals surface area contributed by atoms with Gasteiger partial charge in [0.1, 0.15) is 11.9 Å². The highest BCUT2D eigenvalue weighted by Crippen LogP contribution is 2.18. The van der Waals surface area contributed by atoms with Gasteiger partial charge < -0.3 is 20.0 Å².